The summed E-state index contributed by atoms with van der Waals surface area (Å²) in [5.41, 5.74) is 2.54. The molecule has 0 amide bonds. The van der Waals surface area contributed by atoms with Gasteiger partial charge < -0.3 is 23.7 Å². The van der Waals surface area contributed by atoms with E-state index in [1.807, 2.05) is 13.1 Å². The Morgan fingerprint density at radius 2 is 1.55 bits per heavy atom. The van der Waals surface area contributed by atoms with Gasteiger partial charge in [-0.2, -0.15) is 0 Å². The van der Waals surface area contributed by atoms with Crippen LogP contribution in [0.2, 0.25) is 0 Å². The molecule has 9 heteroatoms. The van der Waals surface area contributed by atoms with E-state index in [4.69, 9.17) is 23.7 Å². The number of rotatable bonds is 8. The van der Waals surface area contributed by atoms with Gasteiger partial charge in [0.1, 0.15) is 0 Å². The van der Waals surface area contributed by atoms with Crippen molar-refractivity contribution < 1.29 is 28.6 Å². The summed E-state index contributed by atoms with van der Waals surface area (Å²) < 4.78 is 27.4. The summed E-state index contributed by atoms with van der Waals surface area (Å²) in [4.78, 5) is 13.6. The van der Waals surface area contributed by atoms with E-state index in [0.717, 1.165) is 24.1 Å². The lowest BCUT2D eigenvalue weighted by Gasteiger charge is -2.36. The molecule has 0 N–H and O–H groups in total. The first-order chi connectivity index (χ1) is 14.9. The molecular formula is C22H28N2O7. The minimum absolute atomic E-state index is 0.0161. The first-order valence-corrected chi connectivity index (χ1v) is 9.81. The van der Waals surface area contributed by atoms with Crippen molar-refractivity contribution in [3.63, 3.8) is 0 Å². The molecule has 0 aromatic heterocycles. The van der Waals surface area contributed by atoms with Gasteiger partial charge in [-0.3, -0.25) is 15.0 Å². The van der Waals surface area contributed by atoms with Gasteiger partial charge in [-0.25, -0.2) is 0 Å². The van der Waals surface area contributed by atoms with Gasteiger partial charge in [0.05, 0.1) is 46.5 Å². The minimum Gasteiger partial charge on any atom is -0.493 e. The summed E-state index contributed by atoms with van der Waals surface area (Å²) in [5.74, 6) is 2.45. The van der Waals surface area contributed by atoms with Gasteiger partial charge >= 0.3 is 0 Å². The fraction of sp³-hybridized carbons (Fsp3) is 0.455. The number of hydrogen-bond acceptors (Lipinski definition) is 8. The Morgan fingerprint density at radius 3 is 2.10 bits per heavy atom. The van der Waals surface area contributed by atoms with Crippen molar-refractivity contribution in [2.75, 3.05) is 49.1 Å². The third kappa shape index (κ3) is 4.05. The van der Waals surface area contributed by atoms with Crippen molar-refractivity contribution >= 4 is 5.69 Å². The van der Waals surface area contributed by atoms with Crippen LogP contribution >= 0.6 is 0 Å². The molecule has 1 aliphatic rings. The van der Waals surface area contributed by atoms with Gasteiger partial charge in [-0.05, 0) is 37.6 Å². The van der Waals surface area contributed by atoms with E-state index < -0.39 is 4.92 Å². The third-order valence-corrected chi connectivity index (χ3v) is 5.75. The fourth-order valence-corrected chi connectivity index (χ4v) is 4.18. The van der Waals surface area contributed by atoms with Crippen LogP contribution in [0, 0.1) is 10.1 Å². The zero-order valence-corrected chi connectivity index (χ0v) is 18.7. The Bertz CT molecular complexity index is 977. The highest BCUT2D eigenvalue weighted by molar-refractivity contribution is 5.62. The maximum atomic E-state index is 11.8. The quantitative estimate of drug-likeness (QED) is 0.463. The van der Waals surface area contributed by atoms with Crippen LogP contribution in [-0.4, -0.2) is 59.0 Å². The van der Waals surface area contributed by atoms with Crippen molar-refractivity contribution in [1.29, 1.82) is 0 Å². The molecule has 1 atom stereocenters. The molecule has 9 nitrogen and oxygen atoms in total. The highest BCUT2D eigenvalue weighted by atomic mass is 16.6. The second kappa shape index (κ2) is 9.30. The number of benzene rings is 2. The number of methoxy groups -OCH3 is 5. The van der Waals surface area contributed by atoms with E-state index in [2.05, 4.69) is 4.90 Å². The molecule has 1 aliphatic heterocycles. The Balaban J connectivity index is 2.17. The van der Waals surface area contributed by atoms with Crippen LogP contribution in [0.25, 0.3) is 0 Å². The number of nitro benzene ring substituents is 1. The Morgan fingerprint density at radius 1 is 0.935 bits per heavy atom. The number of hydrogen-bond donors (Lipinski definition) is 0. The number of likely N-dealkylation sites (N-methyl/N-ethyl adjacent to an activating group) is 1. The van der Waals surface area contributed by atoms with E-state index in [1.54, 1.807) is 27.4 Å². The lowest BCUT2D eigenvalue weighted by Crippen LogP contribution is -2.34. The molecule has 2 aromatic rings. The van der Waals surface area contributed by atoms with Crippen LogP contribution < -0.4 is 23.7 Å². The van der Waals surface area contributed by atoms with Gasteiger partial charge in [0.2, 0.25) is 5.75 Å². The molecule has 0 saturated carbocycles. The molecule has 0 saturated heterocycles. The fourth-order valence-electron chi connectivity index (χ4n) is 4.18. The Hall–Kier alpha value is -3.20. The zero-order chi connectivity index (χ0) is 22.7. The predicted molar refractivity (Wildman–Crippen MR) is 115 cm³/mol. The van der Waals surface area contributed by atoms with E-state index in [-0.39, 0.29) is 11.7 Å². The first kappa shape index (κ1) is 22.5. The van der Waals surface area contributed by atoms with Crippen LogP contribution in [0.5, 0.6) is 28.7 Å². The molecule has 1 heterocycles. The van der Waals surface area contributed by atoms with Crippen molar-refractivity contribution in [3.8, 4) is 28.7 Å². The van der Waals surface area contributed by atoms with Gasteiger partial charge in [-0.15, -0.1) is 0 Å². The van der Waals surface area contributed by atoms with E-state index >= 15 is 0 Å². The summed E-state index contributed by atoms with van der Waals surface area (Å²) in [6.45, 7) is 0.789. The van der Waals surface area contributed by atoms with E-state index in [9.17, 15) is 10.1 Å². The smallest absolute Gasteiger partial charge is 0.276 e. The highest BCUT2D eigenvalue weighted by Crippen LogP contribution is 2.48. The normalized spacial score (nSPS) is 15.7. The maximum absolute atomic E-state index is 11.8. The van der Waals surface area contributed by atoms with Gasteiger partial charge in [-0.1, -0.05) is 0 Å². The van der Waals surface area contributed by atoms with E-state index in [0.29, 0.717) is 40.7 Å². The topological polar surface area (TPSA) is 92.5 Å². The minimum atomic E-state index is -0.396. The number of nitro groups is 1. The molecular weight excluding hydrogens is 404 g/mol. The lowest BCUT2D eigenvalue weighted by atomic mass is 9.87. The molecule has 1 unspecified atom stereocenters. The SMILES string of the molecule is COc1cc(CC2c3c(cc(OC)c(OC)c3OC)CCN2C)c([N+](=O)[O-])cc1OC. The predicted octanol–water partition coefficient (Wildman–Crippen LogP) is 3.41. The molecule has 3 rings (SSSR count). The summed E-state index contributed by atoms with van der Waals surface area (Å²) in [6, 6.07) is 4.87. The van der Waals surface area contributed by atoms with Crippen LogP contribution in [0.15, 0.2) is 18.2 Å². The Kier molecular flexibility index (Phi) is 6.74. The largest absolute Gasteiger partial charge is 0.493 e. The lowest BCUT2D eigenvalue weighted by molar-refractivity contribution is -0.385. The molecule has 168 valence electrons. The molecule has 0 radical (unpaired) electrons. The zero-order valence-electron chi connectivity index (χ0n) is 18.7. The third-order valence-electron chi connectivity index (χ3n) is 5.75. The molecule has 0 fully saturated rings. The van der Waals surface area contributed by atoms with Crippen LogP contribution in [0.1, 0.15) is 22.7 Å². The van der Waals surface area contributed by atoms with Gasteiger partial charge in [0, 0.05) is 23.7 Å². The second-order valence-electron chi connectivity index (χ2n) is 7.26. The molecule has 0 bridgehead atoms. The van der Waals surface area contributed by atoms with Crippen LogP contribution in [0.3, 0.4) is 0 Å². The van der Waals surface area contributed by atoms with Gasteiger partial charge in [0.25, 0.3) is 5.69 Å². The Labute approximate surface area is 181 Å². The summed E-state index contributed by atoms with van der Waals surface area (Å²) >= 11 is 0. The average molecular weight is 432 g/mol. The molecule has 2 aromatic carbocycles. The second-order valence-corrected chi connectivity index (χ2v) is 7.26. The average Bonchev–Trinajstić information content (AvgIpc) is 2.78. The first-order valence-electron chi connectivity index (χ1n) is 9.81. The summed E-state index contributed by atoms with van der Waals surface area (Å²) in [5, 5.41) is 11.8. The van der Waals surface area contributed by atoms with E-state index in [1.165, 1.54) is 20.3 Å². The standard InChI is InChI=1S/C22H28N2O7/c1-23-8-7-13-10-19(29-4)21(30-5)22(31-6)20(13)16(23)9-14-11-17(27-2)18(28-3)12-15(14)24(25)26/h10-12,16H,7-9H2,1-6H3. The van der Waals surface area contributed by atoms with Crippen molar-refractivity contribution in [2.45, 2.75) is 18.9 Å². The number of nitrogens with zero attached hydrogens (tertiary/aromatic N) is 2. The molecule has 0 spiro atoms. The van der Waals surface area contributed by atoms with Gasteiger partial charge in [0.15, 0.2) is 23.0 Å². The maximum Gasteiger partial charge on any atom is 0.276 e. The number of ether oxygens (including phenoxy) is 5. The summed E-state index contributed by atoms with van der Waals surface area (Å²) in [7, 11) is 9.70. The van der Waals surface area contributed by atoms with Crippen molar-refractivity contribution in [1.82, 2.24) is 4.90 Å². The molecule has 0 aliphatic carbocycles. The molecule has 31 heavy (non-hydrogen) atoms. The summed E-state index contributed by atoms with van der Waals surface area (Å²) in [6.07, 6.45) is 1.18. The number of fused-ring (bicyclic) bond motifs is 1. The van der Waals surface area contributed by atoms with Crippen molar-refractivity contribution in [2.24, 2.45) is 0 Å². The highest BCUT2D eigenvalue weighted by Gasteiger charge is 2.34. The monoisotopic (exact) mass is 432 g/mol. The van der Waals surface area contributed by atoms with Crippen LogP contribution in [0.4, 0.5) is 5.69 Å². The van der Waals surface area contributed by atoms with Crippen LogP contribution in [-0.2, 0) is 12.8 Å². The van der Waals surface area contributed by atoms with Crippen molar-refractivity contribution in [3.05, 3.63) is 45.0 Å².